The summed E-state index contributed by atoms with van der Waals surface area (Å²) in [5.74, 6) is 1.75. The van der Waals surface area contributed by atoms with Gasteiger partial charge in [0.1, 0.15) is 5.75 Å². The Morgan fingerprint density at radius 3 is 2.41 bits per heavy atom. The fourth-order valence-electron chi connectivity index (χ4n) is 3.95. The number of hydrogen-bond donors (Lipinski definition) is 0. The molecule has 0 atom stereocenters. The number of piperidine rings is 1. The number of aryl methyl sites for hydroxylation is 1. The van der Waals surface area contributed by atoms with Crippen LogP contribution in [0.15, 0.2) is 48.5 Å². The molecule has 1 heterocycles. The lowest BCUT2D eigenvalue weighted by Gasteiger charge is -2.33. The van der Waals surface area contributed by atoms with Crippen molar-refractivity contribution >= 4 is 0 Å². The first-order valence-corrected chi connectivity index (χ1v) is 10.2. The summed E-state index contributed by atoms with van der Waals surface area (Å²) in [6.07, 6.45) is 3.73. The van der Waals surface area contributed by atoms with Crippen LogP contribution in [0.4, 0.5) is 0 Å². The van der Waals surface area contributed by atoms with Crippen molar-refractivity contribution in [3.8, 4) is 5.75 Å². The zero-order valence-electron chi connectivity index (χ0n) is 17.2. The highest BCUT2D eigenvalue weighted by molar-refractivity contribution is 5.28. The van der Waals surface area contributed by atoms with Gasteiger partial charge in [-0.15, -0.1) is 0 Å². The summed E-state index contributed by atoms with van der Waals surface area (Å²) in [7, 11) is 3.96. The first-order valence-electron chi connectivity index (χ1n) is 10.2. The highest BCUT2D eigenvalue weighted by Gasteiger charge is 2.20. The minimum Gasteiger partial charge on any atom is -0.497 e. The van der Waals surface area contributed by atoms with Gasteiger partial charge in [0, 0.05) is 19.6 Å². The van der Waals surface area contributed by atoms with E-state index < -0.39 is 0 Å². The van der Waals surface area contributed by atoms with Gasteiger partial charge >= 0.3 is 0 Å². The second kappa shape index (κ2) is 9.91. The molecule has 27 heavy (non-hydrogen) atoms. The molecule has 1 fully saturated rings. The maximum atomic E-state index is 5.28. The number of methoxy groups -OCH3 is 1. The lowest BCUT2D eigenvalue weighted by molar-refractivity contribution is 0.156. The summed E-state index contributed by atoms with van der Waals surface area (Å²) in [6.45, 7) is 8.07. The lowest BCUT2D eigenvalue weighted by Crippen LogP contribution is -2.37. The molecule has 0 aromatic heterocycles. The number of ether oxygens (including phenoxy) is 1. The molecular weight excluding hydrogens is 332 g/mol. The summed E-state index contributed by atoms with van der Waals surface area (Å²) in [4.78, 5) is 5.13. The van der Waals surface area contributed by atoms with Gasteiger partial charge in [0.25, 0.3) is 0 Å². The predicted molar refractivity (Wildman–Crippen MR) is 113 cm³/mol. The zero-order valence-corrected chi connectivity index (χ0v) is 17.2. The van der Waals surface area contributed by atoms with E-state index in [1.165, 1.54) is 49.2 Å². The van der Waals surface area contributed by atoms with Crippen LogP contribution in [0.25, 0.3) is 0 Å². The van der Waals surface area contributed by atoms with E-state index in [1.807, 2.05) is 0 Å². The summed E-state index contributed by atoms with van der Waals surface area (Å²) >= 11 is 0. The molecule has 2 aromatic carbocycles. The minimum absolute atomic E-state index is 0.820. The quantitative estimate of drug-likeness (QED) is 0.689. The van der Waals surface area contributed by atoms with Gasteiger partial charge in [-0.25, -0.2) is 0 Å². The highest BCUT2D eigenvalue weighted by atomic mass is 16.5. The van der Waals surface area contributed by atoms with Gasteiger partial charge in [-0.3, -0.25) is 4.90 Å². The van der Waals surface area contributed by atoms with E-state index in [-0.39, 0.29) is 0 Å². The van der Waals surface area contributed by atoms with Crippen LogP contribution in [0.3, 0.4) is 0 Å². The molecule has 1 aliphatic rings. The largest absolute Gasteiger partial charge is 0.497 e. The molecule has 3 rings (SSSR count). The number of nitrogens with zero attached hydrogens (tertiary/aromatic N) is 2. The SMILES string of the molecule is COc1ccc(CCN(Cc2ccccc2C)CC2CCN(C)CC2)cc1. The predicted octanol–water partition coefficient (Wildman–Crippen LogP) is 4.39. The zero-order chi connectivity index (χ0) is 19.1. The molecule has 0 aliphatic carbocycles. The molecule has 1 saturated heterocycles. The van der Waals surface area contributed by atoms with Gasteiger partial charge in [0.2, 0.25) is 0 Å². The van der Waals surface area contributed by atoms with E-state index in [9.17, 15) is 0 Å². The maximum Gasteiger partial charge on any atom is 0.118 e. The average molecular weight is 367 g/mol. The van der Waals surface area contributed by atoms with Gasteiger partial charge in [-0.2, -0.15) is 0 Å². The van der Waals surface area contributed by atoms with Crippen molar-refractivity contribution in [2.24, 2.45) is 5.92 Å². The Labute approximate surface area is 164 Å². The van der Waals surface area contributed by atoms with E-state index in [0.29, 0.717) is 0 Å². The number of rotatable bonds is 8. The van der Waals surface area contributed by atoms with Crippen molar-refractivity contribution in [2.45, 2.75) is 32.7 Å². The van der Waals surface area contributed by atoms with Crippen LogP contribution in [0, 0.1) is 12.8 Å². The number of benzene rings is 2. The van der Waals surface area contributed by atoms with E-state index in [1.54, 1.807) is 7.11 Å². The molecule has 3 heteroatoms. The minimum atomic E-state index is 0.820. The van der Waals surface area contributed by atoms with E-state index in [4.69, 9.17) is 4.74 Å². The molecule has 0 bridgehead atoms. The van der Waals surface area contributed by atoms with Crippen LogP contribution in [-0.4, -0.2) is 50.1 Å². The van der Waals surface area contributed by atoms with Crippen LogP contribution >= 0.6 is 0 Å². The molecule has 0 radical (unpaired) electrons. The molecule has 146 valence electrons. The normalized spacial score (nSPS) is 16.0. The molecule has 2 aromatic rings. The number of likely N-dealkylation sites (tertiary alicyclic amines) is 1. The fraction of sp³-hybridized carbons (Fsp3) is 0.500. The second-order valence-electron chi connectivity index (χ2n) is 8.01. The standard InChI is InChI=1S/C24H34N2O/c1-20-6-4-5-7-23(20)19-26(18-22-12-15-25(2)16-13-22)17-14-21-8-10-24(27-3)11-9-21/h4-11,22H,12-19H2,1-3H3. The Bertz CT molecular complexity index is 690. The first-order chi connectivity index (χ1) is 13.1. The maximum absolute atomic E-state index is 5.28. The van der Waals surface area contributed by atoms with Gasteiger partial charge in [-0.05, 0) is 81.1 Å². The van der Waals surface area contributed by atoms with Gasteiger partial charge in [0.15, 0.2) is 0 Å². The summed E-state index contributed by atoms with van der Waals surface area (Å²) < 4.78 is 5.28. The van der Waals surface area contributed by atoms with Crippen LogP contribution in [0.5, 0.6) is 5.75 Å². The molecule has 0 saturated carbocycles. The highest BCUT2D eigenvalue weighted by Crippen LogP contribution is 2.20. The fourth-order valence-corrected chi connectivity index (χ4v) is 3.95. The average Bonchev–Trinajstić information content (AvgIpc) is 2.70. The van der Waals surface area contributed by atoms with Crippen molar-refractivity contribution in [3.63, 3.8) is 0 Å². The van der Waals surface area contributed by atoms with Crippen LogP contribution in [0.1, 0.15) is 29.5 Å². The molecule has 3 nitrogen and oxygen atoms in total. The second-order valence-corrected chi connectivity index (χ2v) is 8.01. The van der Waals surface area contributed by atoms with Crippen LogP contribution in [-0.2, 0) is 13.0 Å². The summed E-state index contributed by atoms with van der Waals surface area (Å²) in [6, 6.07) is 17.3. The third-order valence-electron chi connectivity index (χ3n) is 5.89. The smallest absolute Gasteiger partial charge is 0.118 e. The van der Waals surface area contributed by atoms with E-state index in [2.05, 4.69) is 72.3 Å². The summed E-state index contributed by atoms with van der Waals surface area (Å²) in [5.41, 5.74) is 4.24. The van der Waals surface area contributed by atoms with Gasteiger partial charge in [-0.1, -0.05) is 36.4 Å². The van der Waals surface area contributed by atoms with Crippen LogP contribution < -0.4 is 4.74 Å². The Hall–Kier alpha value is -1.84. The Morgan fingerprint density at radius 1 is 1.04 bits per heavy atom. The Balaban J connectivity index is 1.63. The molecule has 1 aliphatic heterocycles. The van der Waals surface area contributed by atoms with Crippen LogP contribution in [0.2, 0.25) is 0 Å². The van der Waals surface area contributed by atoms with E-state index in [0.717, 1.165) is 31.2 Å². The Morgan fingerprint density at radius 2 is 1.74 bits per heavy atom. The van der Waals surface area contributed by atoms with Crippen molar-refractivity contribution in [1.29, 1.82) is 0 Å². The number of hydrogen-bond acceptors (Lipinski definition) is 3. The lowest BCUT2D eigenvalue weighted by atomic mass is 9.96. The molecular formula is C24H34N2O. The van der Waals surface area contributed by atoms with Crippen molar-refractivity contribution in [3.05, 3.63) is 65.2 Å². The van der Waals surface area contributed by atoms with Crippen molar-refractivity contribution < 1.29 is 4.74 Å². The molecule has 0 unspecified atom stereocenters. The summed E-state index contributed by atoms with van der Waals surface area (Å²) in [5, 5.41) is 0. The third kappa shape index (κ3) is 6.08. The van der Waals surface area contributed by atoms with Crippen molar-refractivity contribution in [2.75, 3.05) is 40.3 Å². The van der Waals surface area contributed by atoms with Crippen molar-refractivity contribution in [1.82, 2.24) is 9.80 Å². The molecule has 0 spiro atoms. The van der Waals surface area contributed by atoms with E-state index >= 15 is 0 Å². The topological polar surface area (TPSA) is 15.7 Å². The molecule has 0 amide bonds. The first kappa shape index (κ1) is 19.9. The van der Waals surface area contributed by atoms with Gasteiger partial charge < -0.3 is 9.64 Å². The molecule has 0 N–H and O–H groups in total. The third-order valence-corrected chi connectivity index (χ3v) is 5.89. The Kier molecular flexibility index (Phi) is 7.31. The van der Waals surface area contributed by atoms with Gasteiger partial charge in [0.05, 0.1) is 7.11 Å². The monoisotopic (exact) mass is 366 g/mol.